The minimum Gasteiger partial charge on any atom is -0.345 e. The normalized spacial score (nSPS) is 12.2. The minimum absolute atomic E-state index is 0.00109. The predicted molar refractivity (Wildman–Crippen MR) is 76.1 cm³/mol. The van der Waals surface area contributed by atoms with Gasteiger partial charge >= 0.3 is 0 Å². The smallest absolute Gasteiger partial charge is 0.261 e. The van der Waals surface area contributed by atoms with E-state index in [-0.39, 0.29) is 11.9 Å². The molecule has 0 radical (unpaired) electrons. The predicted octanol–water partition coefficient (Wildman–Crippen LogP) is 3.86. The van der Waals surface area contributed by atoms with Gasteiger partial charge in [0.05, 0.1) is 10.9 Å². The summed E-state index contributed by atoms with van der Waals surface area (Å²) in [7, 11) is 0. The van der Waals surface area contributed by atoms with Crippen molar-refractivity contribution in [3.63, 3.8) is 0 Å². The molecule has 18 heavy (non-hydrogen) atoms. The first kappa shape index (κ1) is 12.8. The number of hydrogen-bond donors (Lipinski definition) is 1. The van der Waals surface area contributed by atoms with Gasteiger partial charge in [-0.25, -0.2) is 0 Å². The molecule has 0 saturated heterocycles. The number of benzene rings is 1. The van der Waals surface area contributed by atoms with E-state index >= 15 is 0 Å². The standard InChI is InChI=1S/C15H17NOS/c1-10-4-7-13(8-5-10)12(3)16-15(17)14-9-6-11(2)18-14/h4-9,12H,1-3H3,(H,16,17). The van der Waals surface area contributed by atoms with E-state index in [1.807, 2.05) is 26.0 Å². The summed E-state index contributed by atoms with van der Waals surface area (Å²) in [5, 5.41) is 3.02. The second kappa shape index (κ2) is 5.36. The van der Waals surface area contributed by atoms with Gasteiger partial charge in [0.1, 0.15) is 0 Å². The van der Waals surface area contributed by atoms with Crippen LogP contribution in [0.5, 0.6) is 0 Å². The minimum atomic E-state index is 0.00109. The summed E-state index contributed by atoms with van der Waals surface area (Å²) in [6.07, 6.45) is 0. The van der Waals surface area contributed by atoms with Crippen molar-refractivity contribution in [2.24, 2.45) is 0 Å². The largest absolute Gasteiger partial charge is 0.345 e. The first-order chi connectivity index (χ1) is 8.56. The van der Waals surface area contributed by atoms with Crippen LogP contribution in [-0.2, 0) is 0 Å². The van der Waals surface area contributed by atoms with Gasteiger partial charge < -0.3 is 5.32 Å². The van der Waals surface area contributed by atoms with Gasteiger partial charge in [0, 0.05) is 4.88 Å². The molecule has 94 valence electrons. The molecule has 1 atom stereocenters. The van der Waals surface area contributed by atoms with Crippen molar-refractivity contribution < 1.29 is 4.79 Å². The Hall–Kier alpha value is -1.61. The zero-order valence-electron chi connectivity index (χ0n) is 10.9. The fraction of sp³-hybridized carbons (Fsp3) is 0.267. The van der Waals surface area contributed by atoms with E-state index in [9.17, 15) is 4.79 Å². The van der Waals surface area contributed by atoms with Crippen LogP contribution in [0, 0.1) is 13.8 Å². The van der Waals surface area contributed by atoms with Crippen LogP contribution in [-0.4, -0.2) is 5.91 Å². The Morgan fingerprint density at radius 1 is 1.11 bits per heavy atom. The highest BCUT2D eigenvalue weighted by Gasteiger charge is 2.12. The monoisotopic (exact) mass is 259 g/mol. The van der Waals surface area contributed by atoms with Crippen LogP contribution in [0.1, 0.15) is 38.6 Å². The number of carbonyl (C=O) groups is 1. The maximum absolute atomic E-state index is 12.0. The zero-order chi connectivity index (χ0) is 13.1. The number of hydrogen-bond acceptors (Lipinski definition) is 2. The molecule has 0 bridgehead atoms. The van der Waals surface area contributed by atoms with Crippen molar-refractivity contribution >= 4 is 17.2 Å². The summed E-state index contributed by atoms with van der Waals surface area (Å²) in [5.74, 6) is 0.00109. The Labute approximate surface area is 112 Å². The van der Waals surface area contributed by atoms with E-state index < -0.39 is 0 Å². The van der Waals surface area contributed by atoms with Crippen molar-refractivity contribution in [3.05, 3.63) is 57.3 Å². The van der Waals surface area contributed by atoms with Crippen LogP contribution >= 0.6 is 11.3 Å². The second-order valence-corrected chi connectivity index (χ2v) is 5.80. The molecule has 1 N–H and O–H groups in total. The first-order valence-electron chi connectivity index (χ1n) is 6.00. The first-order valence-corrected chi connectivity index (χ1v) is 6.82. The number of rotatable bonds is 3. The van der Waals surface area contributed by atoms with Crippen molar-refractivity contribution in [2.75, 3.05) is 0 Å². The molecule has 2 aromatic rings. The lowest BCUT2D eigenvalue weighted by molar-refractivity contribution is 0.0944. The van der Waals surface area contributed by atoms with Crippen LogP contribution in [0.25, 0.3) is 0 Å². The fourth-order valence-corrected chi connectivity index (χ4v) is 2.53. The summed E-state index contributed by atoms with van der Waals surface area (Å²) in [6, 6.07) is 12.1. The molecule has 2 nitrogen and oxygen atoms in total. The zero-order valence-corrected chi connectivity index (χ0v) is 11.7. The summed E-state index contributed by atoms with van der Waals surface area (Å²) in [5.41, 5.74) is 2.35. The molecule has 1 unspecified atom stereocenters. The highest BCUT2D eigenvalue weighted by Crippen LogP contribution is 2.18. The molecule has 1 amide bonds. The maximum atomic E-state index is 12.0. The molecule has 0 aliphatic heterocycles. The molecule has 0 saturated carbocycles. The van der Waals surface area contributed by atoms with Crippen molar-refractivity contribution in [1.82, 2.24) is 5.32 Å². The van der Waals surface area contributed by atoms with E-state index in [0.29, 0.717) is 0 Å². The molecule has 0 aliphatic carbocycles. The third kappa shape index (κ3) is 2.99. The Kier molecular flexibility index (Phi) is 3.82. The summed E-state index contributed by atoms with van der Waals surface area (Å²) in [6.45, 7) is 6.06. The molecule has 1 aromatic heterocycles. The van der Waals surface area contributed by atoms with E-state index in [1.165, 1.54) is 16.9 Å². The van der Waals surface area contributed by atoms with Gasteiger partial charge in [0.2, 0.25) is 0 Å². The van der Waals surface area contributed by atoms with E-state index in [4.69, 9.17) is 0 Å². The van der Waals surface area contributed by atoms with Gasteiger partial charge in [-0.05, 0) is 38.5 Å². The van der Waals surface area contributed by atoms with Gasteiger partial charge in [0.15, 0.2) is 0 Å². The van der Waals surface area contributed by atoms with Crippen LogP contribution in [0.15, 0.2) is 36.4 Å². The second-order valence-electron chi connectivity index (χ2n) is 4.52. The number of carbonyl (C=O) groups excluding carboxylic acids is 1. The average Bonchev–Trinajstić information content (AvgIpc) is 2.76. The Bertz CT molecular complexity index is 542. The molecule has 0 spiro atoms. The highest BCUT2D eigenvalue weighted by atomic mass is 32.1. The summed E-state index contributed by atoms with van der Waals surface area (Å²) >= 11 is 1.52. The lowest BCUT2D eigenvalue weighted by Crippen LogP contribution is -2.25. The number of amides is 1. The maximum Gasteiger partial charge on any atom is 0.261 e. The van der Waals surface area contributed by atoms with Crippen molar-refractivity contribution in [2.45, 2.75) is 26.8 Å². The van der Waals surface area contributed by atoms with Crippen molar-refractivity contribution in [1.29, 1.82) is 0 Å². The van der Waals surface area contributed by atoms with Gasteiger partial charge in [-0.1, -0.05) is 29.8 Å². The summed E-state index contributed by atoms with van der Waals surface area (Å²) < 4.78 is 0. The topological polar surface area (TPSA) is 29.1 Å². The molecular weight excluding hydrogens is 242 g/mol. The van der Waals surface area contributed by atoms with Gasteiger partial charge in [-0.15, -0.1) is 11.3 Å². The lowest BCUT2D eigenvalue weighted by atomic mass is 10.1. The number of nitrogens with one attached hydrogen (secondary N) is 1. The highest BCUT2D eigenvalue weighted by molar-refractivity contribution is 7.13. The molecule has 1 aromatic carbocycles. The fourth-order valence-electron chi connectivity index (χ4n) is 1.76. The summed E-state index contributed by atoms with van der Waals surface area (Å²) in [4.78, 5) is 13.9. The molecule has 3 heteroatoms. The molecule has 1 heterocycles. The number of aryl methyl sites for hydroxylation is 2. The van der Waals surface area contributed by atoms with Crippen LogP contribution in [0.3, 0.4) is 0 Å². The van der Waals surface area contributed by atoms with Gasteiger partial charge in [-0.2, -0.15) is 0 Å². The molecular formula is C15H17NOS. The van der Waals surface area contributed by atoms with Crippen LogP contribution in [0.4, 0.5) is 0 Å². The number of thiophene rings is 1. The van der Waals surface area contributed by atoms with Gasteiger partial charge in [0.25, 0.3) is 5.91 Å². The van der Waals surface area contributed by atoms with Gasteiger partial charge in [-0.3, -0.25) is 4.79 Å². The molecule has 0 aliphatic rings. The van der Waals surface area contributed by atoms with E-state index in [0.717, 1.165) is 15.3 Å². The molecule has 0 fully saturated rings. The average molecular weight is 259 g/mol. The lowest BCUT2D eigenvalue weighted by Gasteiger charge is -2.13. The van der Waals surface area contributed by atoms with E-state index in [2.05, 4.69) is 36.5 Å². The Morgan fingerprint density at radius 2 is 1.78 bits per heavy atom. The Balaban J connectivity index is 2.05. The van der Waals surface area contributed by atoms with Crippen LogP contribution < -0.4 is 5.32 Å². The third-order valence-corrected chi connectivity index (χ3v) is 3.89. The van der Waals surface area contributed by atoms with E-state index in [1.54, 1.807) is 0 Å². The quantitative estimate of drug-likeness (QED) is 0.891. The van der Waals surface area contributed by atoms with Crippen molar-refractivity contribution in [3.8, 4) is 0 Å². The third-order valence-electron chi connectivity index (χ3n) is 2.89. The Morgan fingerprint density at radius 3 is 2.33 bits per heavy atom. The molecule has 2 rings (SSSR count). The van der Waals surface area contributed by atoms with Crippen LogP contribution in [0.2, 0.25) is 0 Å². The SMILES string of the molecule is Cc1ccc(C(C)NC(=O)c2ccc(C)s2)cc1.